The van der Waals surface area contributed by atoms with E-state index in [9.17, 15) is 14.9 Å². The predicted molar refractivity (Wildman–Crippen MR) is 70.2 cm³/mol. The SMILES string of the molecule is CCn1c(Sc2ccc([N+](=O)[O-])cc2N)n[nH]c1=O. The van der Waals surface area contributed by atoms with Gasteiger partial charge in [-0.2, -0.15) is 0 Å². The second-order valence-electron chi connectivity index (χ2n) is 3.64. The van der Waals surface area contributed by atoms with Crippen molar-refractivity contribution in [3.8, 4) is 0 Å². The largest absolute Gasteiger partial charge is 0.398 e. The number of rotatable bonds is 4. The third-order valence-corrected chi connectivity index (χ3v) is 3.53. The van der Waals surface area contributed by atoms with Gasteiger partial charge in [0.2, 0.25) is 0 Å². The standard InChI is InChI=1S/C10H11N5O3S/c1-2-14-9(16)12-13-10(14)19-8-4-3-6(15(17)18)5-7(8)11/h3-5H,2,11H2,1H3,(H,12,16). The molecule has 2 rings (SSSR count). The van der Waals surface area contributed by atoms with Gasteiger partial charge in [-0.3, -0.25) is 14.7 Å². The summed E-state index contributed by atoms with van der Waals surface area (Å²) in [5.74, 6) is 0. The number of nitrogens with zero attached hydrogens (tertiary/aromatic N) is 3. The fourth-order valence-electron chi connectivity index (χ4n) is 1.50. The first-order chi connectivity index (χ1) is 9.02. The molecule has 1 aromatic heterocycles. The van der Waals surface area contributed by atoms with Crippen LogP contribution in [0.25, 0.3) is 0 Å². The highest BCUT2D eigenvalue weighted by Crippen LogP contribution is 2.32. The van der Waals surface area contributed by atoms with E-state index >= 15 is 0 Å². The number of anilines is 1. The molecule has 0 spiro atoms. The number of H-pyrrole nitrogens is 1. The maximum Gasteiger partial charge on any atom is 0.343 e. The van der Waals surface area contributed by atoms with Crippen molar-refractivity contribution < 1.29 is 4.92 Å². The molecule has 2 aromatic rings. The van der Waals surface area contributed by atoms with E-state index in [2.05, 4.69) is 10.2 Å². The summed E-state index contributed by atoms with van der Waals surface area (Å²) in [5, 5.41) is 17.3. The first kappa shape index (κ1) is 13.1. The number of aromatic nitrogens is 3. The van der Waals surface area contributed by atoms with Gasteiger partial charge in [-0.15, -0.1) is 5.10 Å². The highest BCUT2D eigenvalue weighted by atomic mass is 32.2. The minimum absolute atomic E-state index is 0.0724. The van der Waals surface area contributed by atoms with Crippen molar-refractivity contribution in [2.75, 3.05) is 5.73 Å². The van der Waals surface area contributed by atoms with Crippen LogP contribution in [0.15, 0.2) is 33.0 Å². The normalized spacial score (nSPS) is 10.6. The summed E-state index contributed by atoms with van der Waals surface area (Å²) in [4.78, 5) is 22.1. The van der Waals surface area contributed by atoms with Crippen LogP contribution in [0.4, 0.5) is 11.4 Å². The van der Waals surface area contributed by atoms with Gasteiger partial charge in [-0.25, -0.2) is 9.89 Å². The van der Waals surface area contributed by atoms with Crippen LogP contribution in [0.3, 0.4) is 0 Å². The average Bonchev–Trinajstić information content (AvgIpc) is 2.72. The van der Waals surface area contributed by atoms with Crippen molar-refractivity contribution in [1.82, 2.24) is 14.8 Å². The van der Waals surface area contributed by atoms with Crippen molar-refractivity contribution >= 4 is 23.1 Å². The molecular formula is C10H11N5O3S. The Balaban J connectivity index is 2.33. The first-order valence-electron chi connectivity index (χ1n) is 5.40. The summed E-state index contributed by atoms with van der Waals surface area (Å²) in [6.07, 6.45) is 0. The van der Waals surface area contributed by atoms with Crippen LogP contribution in [0.5, 0.6) is 0 Å². The fraction of sp³-hybridized carbons (Fsp3) is 0.200. The Kier molecular flexibility index (Phi) is 3.56. The number of nitrogens with one attached hydrogen (secondary N) is 1. The Morgan fingerprint density at radius 2 is 2.32 bits per heavy atom. The minimum atomic E-state index is -0.513. The Morgan fingerprint density at radius 1 is 1.58 bits per heavy atom. The van der Waals surface area contributed by atoms with Gasteiger partial charge in [0.1, 0.15) is 0 Å². The number of aromatic amines is 1. The topological polar surface area (TPSA) is 120 Å². The molecule has 19 heavy (non-hydrogen) atoms. The van der Waals surface area contributed by atoms with Gasteiger partial charge in [0.05, 0.1) is 10.6 Å². The summed E-state index contributed by atoms with van der Waals surface area (Å²) >= 11 is 1.18. The van der Waals surface area contributed by atoms with E-state index in [0.717, 1.165) is 0 Å². The number of non-ortho nitro benzene ring substituents is 1. The first-order valence-corrected chi connectivity index (χ1v) is 6.21. The Labute approximate surface area is 111 Å². The number of hydrogen-bond donors (Lipinski definition) is 2. The molecule has 0 amide bonds. The van der Waals surface area contributed by atoms with Crippen molar-refractivity contribution in [3.05, 3.63) is 38.8 Å². The lowest BCUT2D eigenvalue weighted by Crippen LogP contribution is -2.16. The van der Waals surface area contributed by atoms with Gasteiger partial charge in [-0.05, 0) is 24.8 Å². The van der Waals surface area contributed by atoms with Crippen LogP contribution >= 0.6 is 11.8 Å². The lowest BCUT2D eigenvalue weighted by atomic mass is 10.3. The molecule has 1 heterocycles. The highest BCUT2D eigenvalue weighted by Gasteiger charge is 2.13. The minimum Gasteiger partial charge on any atom is -0.398 e. The van der Waals surface area contributed by atoms with Crippen molar-refractivity contribution in [2.24, 2.45) is 0 Å². The zero-order chi connectivity index (χ0) is 14.0. The molecule has 0 aliphatic heterocycles. The lowest BCUT2D eigenvalue weighted by molar-refractivity contribution is -0.384. The van der Waals surface area contributed by atoms with E-state index in [1.54, 1.807) is 0 Å². The zero-order valence-electron chi connectivity index (χ0n) is 9.99. The molecule has 1 aromatic carbocycles. The van der Waals surface area contributed by atoms with Crippen LogP contribution in [-0.2, 0) is 6.54 Å². The molecule has 100 valence electrons. The van der Waals surface area contributed by atoms with Gasteiger partial charge in [0.15, 0.2) is 5.16 Å². The van der Waals surface area contributed by atoms with Gasteiger partial charge >= 0.3 is 5.69 Å². The van der Waals surface area contributed by atoms with Crippen LogP contribution < -0.4 is 11.4 Å². The summed E-state index contributed by atoms with van der Waals surface area (Å²) in [5.41, 5.74) is 5.66. The second kappa shape index (κ2) is 5.14. The smallest absolute Gasteiger partial charge is 0.343 e. The molecule has 0 bridgehead atoms. The maximum atomic E-state index is 11.4. The molecule has 0 atom stereocenters. The number of nitro benzene ring substituents is 1. The monoisotopic (exact) mass is 281 g/mol. The molecule has 3 N–H and O–H groups in total. The van der Waals surface area contributed by atoms with Gasteiger partial charge in [0.25, 0.3) is 5.69 Å². The van der Waals surface area contributed by atoms with Gasteiger partial charge in [0, 0.05) is 23.6 Å². The third-order valence-electron chi connectivity index (χ3n) is 2.44. The maximum absolute atomic E-state index is 11.4. The molecule has 9 heteroatoms. The number of hydrogen-bond acceptors (Lipinski definition) is 6. The van der Waals surface area contributed by atoms with E-state index in [4.69, 9.17) is 5.73 Å². The van der Waals surface area contributed by atoms with E-state index in [0.29, 0.717) is 16.6 Å². The molecular weight excluding hydrogens is 270 g/mol. The Hall–Kier alpha value is -2.29. The fourth-order valence-corrected chi connectivity index (χ4v) is 2.42. The molecule has 0 saturated carbocycles. The third kappa shape index (κ3) is 2.60. The zero-order valence-corrected chi connectivity index (χ0v) is 10.8. The molecule has 0 aliphatic rings. The summed E-state index contributed by atoms with van der Waals surface area (Å²) in [6.45, 7) is 2.30. The predicted octanol–water partition coefficient (Wildman–Crippen LogP) is 1.23. The van der Waals surface area contributed by atoms with E-state index in [-0.39, 0.29) is 17.1 Å². The molecule has 0 radical (unpaired) electrons. The molecule has 0 aliphatic carbocycles. The lowest BCUT2D eigenvalue weighted by Gasteiger charge is -2.05. The summed E-state index contributed by atoms with van der Waals surface area (Å²) in [6, 6.07) is 4.18. The molecule has 8 nitrogen and oxygen atoms in total. The quantitative estimate of drug-likeness (QED) is 0.494. The number of nitrogen functional groups attached to an aromatic ring is 1. The van der Waals surface area contributed by atoms with Crippen molar-refractivity contribution in [1.29, 1.82) is 0 Å². The van der Waals surface area contributed by atoms with Crippen molar-refractivity contribution in [2.45, 2.75) is 23.5 Å². The summed E-state index contributed by atoms with van der Waals surface area (Å²) in [7, 11) is 0. The second-order valence-corrected chi connectivity index (χ2v) is 4.65. The van der Waals surface area contributed by atoms with Crippen LogP contribution in [0.2, 0.25) is 0 Å². The van der Waals surface area contributed by atoms with E-state index < -0.39 is 4.92 Å². The summed E-state index contributed by atoms with van der Waals surface area (Å²) < 4.78 is 1.45. The Bertz CT molecular complexity index is 678. The number of nitro groups is 1. The number of nitrogens with two attached hydrogens (primary N) is 1. The van der Waals surface area contributed by atoms with E-state index in [1.165, 1.54) is 34.5 Å². The van der Waals surface area contributed by atoms with Gasteiger partial charge in [-0.1, -0.05) is 0 Å². The molecule has 0 fully saturated rings. The van der Waals surface area contributed by atoms with E-state index in [1.807, 2.05) is 6.92 Å². The van der Waals surface area contributed by atoms with Gasteiger partial charge < -0.3 is 5.73 Å². The average molecular weight is 281 g/mol. The van der Waals surface area contributed by atoms with Crippen LogP contribution in [0, 0.1) is 10.1 Å². The highest BCUT2D eigenvalue weighted by molar-refractivity contribution is 7.99. The Morgan fingerprint density at radius 3 is 2.89 bits per heavy atom. The number of benzene rings is 1. The van der Waals surface area contributed by atoms with Crippen LogP contribution in [-0.4, -0.2) is 19.7 Å². The molecule has 0 unspecified atom stereocenters. The molecule has 0 saturated heterocycles. The van der Waals surface area contributed by atoms with Crippen molar-refractivity contribution in [3.63, 3.8) is 0 Å². The van der Waals surface area contributed by atoms with Crippen LogP contribution in [0.1, 0.15) is 6.92 Å².